The zero-order valence-corrected chi connectivity index (χ0v) is 18.9. The second-order valence-corrected chi connectivity index (χ2v) is 11.7. The van der Waals surface area contributed by atoms with Gasteiger partial charge in [0.15, 0.2) is 0 Å². The van der Waals surface area contributed by atoms with Crippen molar-refractivity contribution < 1.29 is 49.0 Å². The van der Waals surface area contributed by atoms with Crippen molar-refractivity contribution in [3.05, 3.63) is 0 Å². The fourth-order valence-electron chi connectivity index (χ4n) is 8.74. The van der Waals surface area contributed by atoms with Crippen LogP contribution < -0.4 is 0 Å². The van der Waals surface area contributed by atoms with Gasteiger partial charge < -0.3 is 9.47 Å². The Morgan fingerprint density at radius 3 is 1.56 bits per heavy atom. The third-order valence-electron chi connectivity index (χ3n) is 10.0. The van der Waals surface area contributed by atoms with E-state index in [-0.39, 0.29) is 17.8 Å². The summed E-state index contributed by atoms with van der Waals surface area (Å²) < 4.78 is 142. The average molecular weight is 508 g/mol. The highest BCUT2D eigenvalue weighted by Gasteiger charge is 2.94. The number of alkyl halides is 9. The number of fused-ring (bicyclic) bond motifs is 2. The van der Waals surface area contributed by atoms with Crippen LogP contribution in [-0.4, -0.2) is 41.9 Å². The SMILES string of the molecule is CC1C(C)C2CC1C(F)(F)C2(F)C(OCOC12CC3CC(CC(C3)C1)C2)(C(F)(F)F)C(F)(F)F. The monoisotopic (exact) mass is 508 g/mol. The minimum absolute atomic E-state index is 0.269. The molecular weight excluding hydrogens is 479 g/mol. The van der Waals surface area contributed by atoms with Crippen LogP contribution in [0.5, 0.6) is 0 Å². The number of hydrogen-bond donors (Lipinski definition) is 0. The van der Waals surface area contributed by atoms with Gasteiger partial charge in [-0.2, -0.15) is 26.3 Å². The molecule has 0 aromatic rings. The van der Waals surface area contributed by atoms with Gasteiger partial charge in [0.2, 0.25) is 5.67 Å². The lowest BCUT2D eigenvalue weighted by Crippen LogP contribution is -2.78. The quantitative estimate of drug-likeness (QED) is 0.292. The minimum atomic E-state index is -6.48. The van der Waals surface area contributed by atoms with Crippen molar-refractivity contribution in [2.45, 2.75) is 93.9 Å². The molecule has 6 saturated carbocycles. The van der Waals surface area contributed by atoms with Gasteiger partial charge >= 0.3 is 18.0 Å². The Balaban J connectivity index is 1.50. The maximum Gasteiger partial charge on any atom is 0.430 e. The van der Waals surface area contributed by atoms with Crippen LogP contribution in [0.15, 0.2) is 0 Å². The molecule has 5 atom stereocenters. The van der Waals surface area contributed by atoms with Gasteiger partial charge in [-0.3, -0.25) is 0 Å². The molecule has 6 rings (SSSR count). The Hall–Kier alpha value is -0.710. The highest BCUT2D eigenvalue weighted by atomic mass is 19.4. The van der Waals surface area contributed by atoms with Gasteiger partial charge in [0, 0.05) is 11.8 Å². The Morgan fingerprint density at radius 2 is 1.15 bits per heavy atom. The summed E-state index contributed by atoms with van der Waals surface area (Å²) in [6.45, 7) is 0.985. The standard InChI is InChI=1S/C23H29F9O2/c1-11-12(2)17-6-16(11)19(24,20(17,25)26)21(22(27,28)29,23(30,31)32)34-10-33-18-7-13-3-14(8-18)5-15(4-13)9-18/h11-17H,3-10H2,1-2H3. The van der Waals surface area contributed by atoms with Gasteiger partial charge in [-0.1, -0.05) is 13.8 Å². The third-order valence-corrected chi connectivity index (χ3v) is 10.0. The van der Waals surface area contributed by atoms with Gasteiger partial charge in [-0.05, 0) is 74.5 Å². The first-order valence-electron chi connectivity index (χ1n) is 12.0. The summed E-state index contributed by atoms with van der Waals surface area (Å²) >= 11 is 0. The molecule has 0 saturated heterocycles. The molecule has 0 amide bonds. The van der Waals surface area contributed by atoms with Crippen LogP contribution >= 0.6 is 0 Å². The fraction of sp³-hybridized carbons (Fsp3) is 1.00. The molecule has 0 aliphatic heterocycles. The Bertz CT molecular complexity index is 773. The van der Waals surface area contributed by atoms with Crippen LogP contribution in [0.25, 0.3) is 0 Å². The van der Waals surface area contributed by atoms with Gasteiger partial charge in [-0.15, -0.1) is 0 Å². The molecule has 0 N–H and O–H groups in total. The van der Waals surface area contributed by atoms with Crippen molar-refractivity contribution in [2.75, 3.05) is 6.79 Å². The molecule has 6 fully saturated rings. The number of ether oxygens (including phenoxy) is 2. The van der Waals surface area contributed by atoms with Crippen molar-refractivity contribution in [1.29, 1.82) is 0 Å². The van der Waals surface area contributed by atoms with Crippen LogP contribution in [0.4, 0.5) is 39.5 Å². The van der Waals surface area contributed by atoms with Gasteiger partial charge in [0.1, 0.15) is 6.79 Å². The lowest BCUT2D eigenvalue weighted by molar-refractivity contribution is -0.456. The van der Waals surface area contributed by atoms with Crippen molar-refractivity contribution in [1.82, 2.24) is 0 Å². The highest BCUT2D eigenvalue weighted by Crippen LogP contribution is 2.73. The minimum Gasteiger partial charge on any atom is -0.349 e. The second kappa shape index (κ2) is 7.19. The van der Waals surface area contributed by atoms with E-state index in [2.05, 4.69) is 4.74 Å². The summed E-state index contributed by atoms with van der Waals surface area (Å²) in [7, 11) is 0. The number of rotatable bonds is 5. The van der Waals surface area contributed by atoms with Crippen LogP contribution in [0.1, 0.15) is 58.8 Å². The first-order chi connectivity index (χ1) is 15.5. The van der Waals surface area contributed by atoms with Crippen LogP contribution in [0, 0.1) is 41.4 Å². The number of halogens is 9. The summed E-state index contributed by atoms with van der Waals surface area (Å²) in [4.78, 5) is 0. The van der Waals surface area contributed by atoms with E-state index in [1.807, 2.05) is 0 Å². The van der Waals surface area contributed by atoms with E-state index in [1.54, 1.807) is 0 Å². The smallest absolute Gasteiger partial charge is 0.349 e. The van der Waals surface area contributed by atoms with Crippen molar-refractivity contribution in [2.24, 2.45) is 41.4 Å². The summed E-state index contributed by atoms with van der Waals surface area (Å²) in [5.74, 6) is -10.2. The highest BCUT2D eigenvalue weighted by molar-refractivity contribution is 5.28. The van der Waals surface area contributed by atoms with Crippen LogP contribution in [-0.2, 0) is 9.47 Å². The fourth-order valence-corrected chi connectivity index (χ4v) is 8.74. The molecular formula is C23H29F9O2. The molecule has 2 nitrogen and oxygen atoms in total. The molecule has 0 radical (unpaired) electrons. The molecule has 0 aromatic heterocycles. The van der Waals surface area contributed by atoms with E-state index < -0.39 is 72.0 Å². The van der Waals surface area contributed by atoms with E-state index in [1.165, 1.54) is 13.8 Å². The van der Waals surface area contributed by atoms with Gasteiger partial charge in [-0.25, -0.2) is 13.2 Å². The molecule has 196 valence electrons. The normalized spacial score (nSPS) is 47.6. The molecule has 6 bridgehead atoms. The predicted molar refractivity (Wildman–Crippen MR) is 101 cm³/mol. The molecule has 5 unspecified atom stereocenters. The maximum absolute atomic E-state index is 16.2. The first-order valence-corrected chi connectivity index (χ1v) is 12.0. The summed E-state index contributed by atoms with van der Waals surface area (Å²) in [6, 6.07) is 0. The van der Waals surface area contributed by atoms with Crippen molar-refractivity contribution in [3.8, 4) is 0 Å². The molecule has 0 aromatic carbocycles. The molecule has 0 spiro atoms. The Morgan fingerprint density at radius 1 is 0.706 bits per heavy atom. The lowest BCUT2D eigenvalue weighted by Gasteiger charge is -2.57. The Kier molecular flexibility index (Phi) is 5.28. The number of hydrogen-bond acceptors (Lipinski definition) is 2. The zero-order chi connectivity index (χ0) is 25.1. The summed E-state index contributed by atoms with van der Waals surface area (Å²) in [5.41, 5.74) is -11.6. The molecule has 6 aliphatic carbocycles. The van der Waals surface area contributed by atoms with E-state index in [9.17, 15) is 26.3 Å². The van der Waals surface area contributed by atoms with Gasteiger partial charge in [0.05, 0.1) is 5.60 Å². The summed E-state index contributed by atoms with van der Waals surface area (Å²) in [5, 5.41) is 0. The molecule has 34 heavy (non-hydrogen) atoms. The van der Waals surface area contributed by atoms with Gasteiger partial charge in [0.25, 0.3) is 5.92 Å². The van der Waals surface area contributed by atoms with Crippen LogP contribution in [0.3, 0.4) is 0 Å². The van der Waals surface area contributed by atoms with Crippen molar-refractivity contribution >= 4 is 0 Å². The molecule has 6 aliphatic rings. The first kappa shape index (κ1) is 25.0. The molecule has 11 heteroatoms. The van der Waals surface area contributed by atoms with E-state index >= 15 is 13.2 Å². The Labute approximate surface area is 191 Å². The zero-order valence-electron chi connectivity index (χ0n) is 18.9. The van der Waals surface area contributed by atoms with Crippen LogP contribution in [0.2, 0.25) is 0 Å². The second-order valence-electron chi connectivity index (χ2n) is 11.7. The third kappa shape index (κ3) is 2.97. The van der Waals surface area contributed by atoms with E-state index in [4.69, 9.17) is 4.74 Å². The predicted octanol–water partition coefficient (Wildman–Crippen LogP) is 7.07. The largest absolute Gasteiger partial charge is 0.430 e. The maximum atomic E-state index is 16.2. The van der Waals surface area contributed by atoms with E-state index in [0.717, 1.165) is 19.3 Å². The van der Waals surface area contributed by atoms with Crippen molar-refractivity contribution in [3.63, 3.8) is 0 Å². The topological polar surface area (TPSA) is 18.5 Å². The molecule has 0 heterocycles. The average Bonchev–Trinajstić information content (AvgIpc) is 3.07. The lowest BCUT2D eigenvalue weighted by atomic mass is 9.54. The van der Waals surface area contributed by atoms with E-state index in [0.29, 0.717) is 19.3 Å². The summed E-state index contributed by atoms with van der Waals surface area (Å²) in [6.07, 6.45) is -9.48.